The molecule has 5 rings (SSSR count). The van der Waals surface area contributed by atoms with E-state index in [1.54, 1.807) is 30.3 Å². The Morgan fingerprint density at radius 2 is 1.51 bits per heavy atom. The monoisotopic (exact) mass is 611 g/mol. The standard InChI is InChI=1S/C31H31BrClNO5/c1-30(2)12-21(35)28-24(14-30)39-25-15-31(3,4)13-22(36)29(25)27(28)20-11-17(32)5-10-23(20)38-16-26(37)34-19-8-6-18(33)7-9-19/h5-11,27H,12-16H2,1-4H3,(H,34,37). The van der Waals surface area contributed by atoms with E-state index in [1.807, 2.05) is 12.1 Å². The summed E-state index contributed by atoms with van der Waals surface area (Å²) in [7, 11) is 0. The Kier molecular flexibility index (Phi) is 7.27. The van der Waals surface area contributed by atoms with Crippen molar-refractivity contribution in [2.45, 2.75) is 59.3 Å². The molecule has 1 N–H and O–H groups in total. The highest BCUT2D eigenvalue weighted by atomic mass is 79.9. The molecule has 2 aromatic rings. The summed E-state index contributed by atoms with van der Waals surface area (Å²) in [5, 5.41) is 3.37. The number of hydrogen-bond donors (Lipinski definition) is 1. The minimum atomic E-state index is -0.622. The van der Waals surface area contributed by atoms with Crippen LogP contribution in [0.1, 0.15) is 64.9 Å². The molecule has 1 amide bonds. The van der Waals surface area contributed by atoms with Gasteiger partial charge in [-0.05, 0) is 53.3 Å². The van der Waals surface area contributed by atoms with Crippen LogP contribution in [0.15, 0.2) is 69.6 Å². The molecule has 2 aromatic carbocycles. The average Bonchev–Trinajstić information content (AvgIpc) is 2.82. The third-order valence-electron chi connectivity index (χ3n) is 7.35. The van der Waals surface area contributed by atoms with Crippen LogP contribution in [0.5, 0.6) is 5.75 Å². The van der Waals surface area contributed by atoms with E-state index in [2.05, 4.69) is 48.9 Å². The summed E-state index contributed by atoms with van der Waals surface area (Å²) in [5.41, 5.74) is 1.81. The fraction of sp³-hybridized carbons (Fsp3) is 0.387. The zero-order chi connectivity index (χ0) is 28.1. The number of allylic oxidation sites excluding steroid dienone is 4. The van der Waals surface area contributed by atoms with Crippen molar-refractivity contribution < 1.29 is 23.9 Å². The second kappa shape index (κ2) is 10.3. The van der Waals surface area contributed by atoms with Gasteiger partial charge >= 0.3 is 0 Å². The minimum absolute atomic E-state index is 0.0261. The van der Waals surface area contributed by atoms with Gasteiger partial charge in [0, 0.05) is 57.6 Å². The largest absolute Gasteiger partial charge is 0.483 e. The molecule has 6 nitrogen and oxygen atoms in total. The number of rotatable bonds is 5. The summed E-state index contributed by atoms with van der Waals surface area (Å²) >= 11 is 9.49. The molecular formula is C31H31BrClNO5. The first-order valence-corrected chi connectivity index (χ1v) is 14.2. The Labute approximate surface area is 241 Å². The SMILES string of the molecule is CC1(C)CC(=O)C2=C(C1)OC1=C(C(=O)CC(C)(C)C1)C2c1cc(Br)ccc1OCC(=O)Nc1ccc(Cl)cc1. The molecule has 0 atom stereocenters. The Hall–Kier alpha value is -2.90. The maximum atomic E-state index is 13.6. The van der Waals surface area contributed by atoms with Crippen LogP contribution in [0.25, 0.3) is 0 Å². The molecule has 0 radical (unpaired) electrons. The second-order valence-electron chi connectivity index (χ2n) is 12.1. The van der Waals surface area contributed by atoms with Gasteiger partial charge in [0.25, 0.3) is 5.91 Å². The van der Waals surface area contributed by atoms with Crippen LogP contribution in [0.3, 0.4) is 0 Å². The van der Waals surface area contributed by atoms with E-state index in [-0.39, 0.29) is 34.9 Å². The smallest absolute Gasteiger partial charge is 0.262 e. The van der Waals surface area contributed by atoms with E-state index in [9.17, 15) is 14.4 Å². The van der Waals surface area contributed by atoms with Crippen LogP contribution in [-0.2, 0) is 19.1 Å². The van der Waals surface area contributed by atoms with Crippen LogP contribution in [0, 0.1) is 10.8 Å². The van der Waals surface area contributed by atoms with Crippen molar-refractivity contribution in [1.82, 2.24) is 0 Å². The lowest BCUT2D eigenvalue weighted by molar-refractivity contribution is -0.121. The molecular weight excluding hydrogens is 582 g/mol. The van der Waals surface area contributed by atoms with Crippen molar-refractivity contribution in [1.29, 1.82) is 0 Å². The molecule has 8 heteroatoms. The number of hydrogen-bond acceptors (Lipinski definition) is 5. The molecule has 0 unspecified atom stereocenters. The quantitative estimate of drug-likeness (QED) is 0.378. The van der Waals surface area contributed by atoms with Gasteiger partial charge < -0.3 is 14.8 Å². The summed E-state index contributed by atoms with van der Waals surface area (Å²) in [6.45, 7) is 7.97. The van der Waals surface area contributed by atoms with E-state index in [4.69, 9.17) is 21.1 Å². The Morgan fingerprint density at radius 3 is 2.08 bits per heavy atom. The van der Waals surface area contributed by atoms with Gasteiger partial charge in [0.15, 0.2) is 18.2 Å². The van der Waals surface area contributed by atoms with Gasteiger partial charge in [-0.25, -0.2) is 0 Å². The highest BCUT2D eigenvalue weighted by molar-refractivity contribution is 9.10. The molecule has 1 aliphatic heterocycles. The summed E-state index contributed by atoms with van der Waals surface area (Å²) in [4.78, 5) is 40.0. The van der Waals surface area contributed by atoms with Gasteiger partial charge in [-0.1, -0.05) is 55.2 Å². The van der Waals surface area contributed by atoms with Crippen LogP contribution in [-0.4, -0.2) is 24.1 Å². The lowest BCUT2D eigenvalue weighted by atomic mass is 9.65. The zero-order valence-electron chi connectivity index (χ0n) is 22.5. The first kappa shape index (κ1) is 27.7. The second-order valence-corrected chi connectivity index (χ2v) is 13.5. The molecule has 204 valence electrons. The van der Waals surface area contributed by atoms with Crippen molar-refractivity contribution >= 4 is 50.7 Å². The van der Waals surface area contributed by atoms with Crippen LogP contribution in [0.4, 0.5) is 5.69 Å². The van der Waals surface area contributed by atoms with E-state index >= 15 is 0 Å². The van der Waals surface area contributed by atoms with Crippen LogP contribution >= 0.6 is 27.5 Å². The highest BCUT2D eigenvalue weighted by Crippen LogP contribution is 2.54. The highest BCUT2D eigenvalue weighted by Gasteiger charge is 2.48. The molecule has 3 aliphatic rings. The Balaban J connectivity index is 1.53. The van der Waals surface area contributed by atoms with E-state index < -0.39 is 5.92 Å². The number of halogens is 2. The van der Waals surface area contributed by atoms with E-state index in [0.717, 1.165) is 4.47 Å². The van der Waals surface area contributed by atoms with Crippen molar-refractivity contribution in [3.8, 4) is 5.75 Å². The normalized spacial score (nSPS) is 20.3. The third kappa shape index (κ3) is 5.85. The molecule has 0 spiro atoms. The fourth-order valence-electron chi connectivity index (χ4n) is 5.74. The summed E-state index contributed by atoms with van der Waals surface area (Å²) in [5.74, 6) is 0.689. The first-order chi connectivity index (χ1) is 18.3. The van der Waals surface area contributed by atoms with Crippen molar-refractivity contribution in [2.75, 3.05) is 11.9 Å². The molecule has 0 saturated carbocycles. The first-order valence-electron chi connectivity index (χ1n) is 13.0. The predicted molar refractivity (Wildman–Crippen MR) is 154 cm³/mol. The number of nitrogens with one attached hydrogen (secondary N) is 1. The van der Waals surface area contributed by atoms with Crippen molar-refractivity contribution in [3.05, 3.63) is 80.2 Å². The fourth-order valence-corrected chi connectivity index (χ4v) is 6.24. The topological polar surface area (TPSA) is 81.7 Å². The van der Waals surface area contributed by atoms with Gasteiger partial charge in [0.2, 0.25) is 0 Å². The zero-order valence-corrected chi connectivity index (χ0v) is 24.8. The molecule has 0 bridgehead atoms. The predicted octanol–water partition coefficient (Wildman–Crippen LogP) is 7.52. The van der Waals surface area contributed by atoms with E-state index in [1.165, 1.54) is 0 Å². The average molecular weight is 613 g/mol. The van der Waals surface area contributed by atoms with Crippen molar-refractivity contribution in [2.24, 2.45) is 10.8 Å². The maximum Gasteiger partial charge on any atom is 0.262 e. The summed E-state index contributed by atoms with van der Waals surface area (Å²) in [6.07, 6.45) is 1.93. The number of carbonyl (C=O) groups excluding carboxylic acids is 3. The van der Waals surface area contributed by atoms with Crippen molar-refractivity contribution in [3.63, 3.8) is 0 Å². The lowest BCUT2D eigenvalue weighted by Crippen LogP contribution is -2.37. The molecule has 0 fully saturated rings. The Morgan fingerprint density at radius 1 is 0.949 bits per heavy atom. The summed E-state index contributed by atoms with van der Waals surface area (Å²) in [6, 6.07) is 12.3. The number of carbonyl (C=O) groups is 3. The van der Waals surface area contributed by atoms with Gasteiger partial charge in [0.05, 0.1) is 5.92 Å². The molecule has 0 aromatic heterocycles. The maximum absolute atomic E-state index is 13.6. The molecule has 1 heterocycles. The molecule has 2 aliphatic carbocycles. The van der Waals surface area contributed by atoms with Gasteiger partial charge in [-0.2, -0.15) is 0 Å². The molecule has 0 saturated heterocycles. The van der Waals surface area contributed by atoms with Gasteiger partial charge in [-0.3, -0.25) is 14.4 Å². The number of Topliss-reactive ketones (excluding diaryl/α,β-unsaturated/α-hetero) is 2. The summed E-state index contributed by atoms with van der Waals surface area (Å²) < 4.78 is 13.2. The van der Waals surface area contributed by atoms with Crippen LogP contribution in [0.2, 0.25) is 5.02 Å². The number of benzene rings is 2. The number of ketones is 2. The lowest BCUT2D eigenvalue weighted by Gasteiger charge is -2.43. The Bertz CT molecular complexity index is 1390. The third-order valence-corrected chi connectivity index (χ3v) is 8.10. The van der Waals surface area contributed by atoms with Gasteiger partial charge in [-0.15, -0.1) is 0 Å². The number of anilines is 1. The van der Waals surface area contributed by atoms with Gasteiger partial charge in [0.1, 0.15) is 17.3 Å². The minimum Gasteiger partial charge on any atom is -0.483 e. The number of ether oxygens (including phenoxy) is 2. The molecule has 39 heavy (non-hydrogen) atoms. The van der Waals surface area contributed by atoms with E-state index in [0.29, 0.717) is 70.4 Å². The van der Waals surface area contributed by atoms with Crippen LogP contribution < -0.4 is 10.1 Å². The number of amides is 1.